The summed E-state index contributed by atoms with van der Waals surface area (Å²) < 4.78 is 0. The number of likely N-dealkylation sites (tertiary alicyclic amines) is 1. The highest BCUT2D eigenvalue weighted by atomic mass is 16.3. The molecular weight excluding hydrogens is 316 g/mol. The zero-order valence-corrected chi connectivity index (χ0v) is 15.8. The number of carbonyl (C=O) groups excluding carboxylic acids is 1. The first-order chi connectivity index (χ1) is 11.8. The molecule has 1 aliphatic heterocycles. The Kier molecular flexibility index (Phi) is 4.86. The lowest BCUT2D eigenvalue weighted by Crippen LogP contribution is -2.50. The van der Waals surface area contributed by atoms with Gasteiger partial charge in [-0.25, -0.2) is 0 Å². The van der Waals surface area contributed by atoms with Crippen molar-refractivity contribution in [3.63, 3.8) is 0 Å². The molecule has 138 valence electrons. The van der Waals surface area contributed by atoms with Gasteiger partial charge >= 0.3 is 0 Å². The quantitative estimate of drug-likeness (QED) is 0.906. The predicted octanol–water partition coefficient (Wildman–Crippen LogP) is 1.95. The van der Waals surface area contributed by atoms with Crippen LogP contribution in [0.2, 0.25) is 0 Å². The Morgan fingerprint density at radius 2 is 2.16 bits per heavy atom. The van der Waals surface area contributed by atoms with E-state index in [9.17, 15) is 9.90 Å². The summed E-state index contributed by atoms with van der Waals surface area (Å²) >= 11 is 0. The molecule has 1 amide bonds. The van der Waals surface area contributed by atoms with Gasteiger partial charge in [-0.15, -0.1) is 0 Å². The van der Waals surface area contributed by atoms with E-state index in [1.54, 1.807) is 17.2 Å². The highest BCUT2D eigenvalue weighted by Gasteiger charge is 2.57. The first-order valence-electron chi connectivity index (χ1n) is 9.23. The van der Waals surface area contributed by atoms with E-state index in [2.05, 4.69) is 29.1 Å². The summed E-state index contributed by atoms with van der Waals surface area (Å²) in [6, 6.07) is 2.31. The Balaban J connectivity index is 1.75. The molecule has 6 heteroatoms. The van der Waals surface area contributed by atoms with Crippen LogP contribution in [0.4, 0.5) is 0 Å². The van der Waals surface area contributed by atoms with Gasteiger partial charge < -0.3 is 10.0 Å². The molecule has 6 nitrogen and oxygen atoms in total. The predicted molar refractivity (Wildman–Crippen MR) is 96.1 cm³/mol. The molecule has 4 atom stereocenters. The molecule has 2 aliphatic rings. The number of aliphatic hydroxyl groups is 1. The van der Waals surface area contributed by atoms with Gasteiger partial charge in [0.05, 0.1) is 23.6 Å². The van der Waals surface area contributed by atoms with Gasteiger partial charge in [-0.1, -0.05) is 19.8 Å². The molecule has 3 rings (SSSR count). The molecule has 1 aromatic heterocycles. The Hall–Kier alpha value is -1.53. The van der Waals surface area contributed by atoms with Crippen LogP contribution in [-0.2, 0) is 0 Å². The van der Waals surface area contributed by atoms with Crippen molar-refractivity contribution < 1.29 is 9.90 Å². The topological polar surface area (TPSA) is 69.6 Å². The molecule has 0 radical (unpaired) electrons. The Morgan fingerprint density at radius 1 is 1.40 bits per heavy atom. The van der Waals surface area contributed by atoms with E-state index < -0.39 is 5.60 Å². The van der Waals surface area contributed by atoms with Crippen LogP contribution < -0.4 is 0 Å². The van der Waals surface area contributed by atoms with Crippen LogP contribution in [0, 0.1) is 5.41 Å². The number of hydrogen-bond acceptors (Lipinski definition) is 5. The van der Waals surface area contributed by atoms with Gasteiger partial charge in [-0.3, -0.25) is 9.69 Å². The number of likely N-dealkylation sites (N-methyl/N-ethyl adjacent to an activating group) is 2. The minimum atomic E-state index is -0.658. The van der Waals surface area contributed by atoms with Crippen molar-refractivity contribution in [3.05, 3.63) is 24.0 Å². The van der Waals surface area contributed by atoms with Crippen molar-refractivity contribution in [2.45, 2.75) is 63.6 Å². The van der Waals surface area contributed by atoms with E-state index in [0.717, 1.165) is 32.1 Å². The maximum atomic E-state index is 12.6. The Morgan fingerprint density at radius 3 is 2.84 bits per heavy atom. The summed E-state index contributed by atoms with van der Waals surface area (Å²) in [7, 11) is 3.99. The summed E-state index contributed by atoms with van der Waals surface area (Å²) in [5, 5.41) is 18.6. The van der Waals surface area contributed by atoms with Crippen molar-refractivity contribution in [3.8, 4) is 0 Å². The van der Waals surface area contributed by atoms with Gasteiger partial charge in [0.2, 0.25) is 0 Å². The van der Waals surface area contributed by atoms with Crippen molar-refractivity contribution in [1.29, 1.82) is 0 Å². The highest BCUT2D eigenvalue weighted by Crippen LogP contribution is 2.52. The largest absolute Gasteiger partial charge is 0.390 e. The fourth-order valence-corrected chi connectivity index (χ4v) is 4.90. The maximum absolute atomic E-state index is 12.6. The van der Waals surface area contributed by atoms with Crippen LogP contribution in [0.1, 0.15) is 56.3 Å². The Bertz CT molecular complexity index is 621. The second-order valence-electron chi connectivity index (χ2n) is 8.29. The average Bonchev–Trinajstić information content (AvgIpc) is 2.76. The molecular formula is C19H30N4O2. The number of aromatic nitrogens is 2. The van der Waals surface area contributed by atoms with E-state index in [-0.39, 0.29) is 17.4 Å². The summed E-state index contributed by atoms with van der Waals surface area (Å²) in [4.78, 5) is 16.8. The molecule has 2 heterocycles. The van der Waals surface area contributed by atoms with Gasteiger partial charge in [-0.05, 0) is 39.3 Å². The number of hydrogen-bond donors (Lipinski definition) is 1. The van der Waals surface area contributed by atoms with Crippen molar-refractivity contribution >= 4 is 5.91 Å². The summed E-state index contributed by atoms with van der Waals surface area (Å²) in [5.74, 6) is -0.0349. The minimum absolute atomic E-state index is 0.0349. The standard InChI is InChI=1S/C19H30N4O2/c1-18-11-15(13-22(3)17(24)14-8-10-20-21-12-14)23(4)16(18)7-5-6-9-19(18,2)25/h8,10,12,15-16,25H,5-7,9,11,13H2,1-4H3/t15-,16-,18-,19+/m1/s1. The number of fused-ring (bicyclic) bond motifs is 1. The van der Waals surface area contributed by atoms with E-state index in [0.29, 0.717) is 18.2 Å². The smallest absolute Gasteiger partial charge is 0.255 e. The van der Waals surface area contributed by atoms with E-state index in [1.807, 2.05) is 14.0 Å². The van der Waals surface area contributed by atoms with Crippen molar-refractivity contribution in [2.75, 3.05) is 20.6 Å². The third-order valence-corrected chi connectivity index (χ3v) is 6.75. The van der Waals surface area contributed by atoms with E-state index in [4.69, 9.17) is 0 Å². The van der Waals surface area contributed by atoms with Crippen molar-refractivity contribution in [2.24, 2.45) is 5.41 Å². The van der Waals surface area contributed by atoms with Crippen LogP contribution in [0.3, 0.4) is 0 Å². The maximum Gasteiger partial charge on any atom is 0.255 e. The number of carbonyl (C=O) groups is 1. The molecule has 1 N–H and O–H groups in total. The molecule has 0 spiro atoms. The van der Waals surface area contributed by atoms with Gasteiger partial charge in [0, 0.05) is 31.1 Å². The first-order valence-corrected chi connectivity index (χ1v) is 9.23. The molecule has 1 aliphatic carbocycles. The third kappa shape index (κ3) is 3.17. The fourth-order valence-electron chi connectivity index (χ4n) is 4.90. The highest BCUT2D eigenvalue weighted by molar-refractivity contribution is 5.93. The van der Waals surface area contributed by atoms with Gasteiger partial charge in [-0.2, -0.15) is 10.2 Å². The second kappa shape index (κ2) is 6.65. The van der Waals surface area contributed by atoms with Gasteiger partial charge in [0.25, 0.3) is 5.91 Å². The van der Waals surface area contributed by atoms with Crippen LogP contribution >= 0.6 is 0 Å². The lowest BCUT2D eigenvalue weighted by atomic mass is 9.67. The zero-order valence-electron chi connectivity index (χ0n) is 15.8. The van der Waals surface area contributed by atoms with E-state index >= 15 is 0 Å². The van der Waals surface area contributed by atoms with Crippen LogP contribution in [0.25, 0.3) is 0 Å². The van der Waals surface area contributed by atoms with Crippen LogP contribution in [0.5, 0.6) is 0 Å². The molecule has 1 saturated heterocycles. The summed E-state index contributed by atoms with van der Waals surface area (Å²) in [6.07, 6.45) is 8.18. The number of rotatable bonds is 3. The number of nitrogens with zero attached hydrogens (tertiary/aromatic N) is 4. The fraction of sp³-hybridized carbons (Fsp3) is 0.737. The van der Waals surface area contributed by atoms with Crippen LogP contribution in [0.15, 0.2) is 18.5 Å². The first kappa shape index (κ1) is 18.3. The number of amides is 1. The molecule has 1 aromatic rings. The average molecular weight is 346 g/mol. The van der Waals surface area contributed by atoms with Crippen molar-refractivity contribution in [1.82, 2.24) is 20.0 Å². The SMILES string of the molecule is CN(C[C@H]1C[C@]2(C)[C@@H](CCCC[C@]2(C)O)N1C)C(=O)c1ccnnc1. The molecule has 25 heavy (non-hydrogen) atoms. The summed E-state index contributed by atoms with van der Waals surface area (Å²) in [5.41, 5.74) is -0.231. The van der Waals surface area contributed by atoms with E-state index in [1.165, 1.54) is 6.20 Å². The molecule has 1 saturated carbocycles. The lowest BCUT2D eigenvalue weighted by Gasteiger charge is -2.43. The Labute approximate surface area is 150 Å². The summed E-state index contributed by atoms with van der Waals surface area (Å²) in [6.45, 7) is 4.88. The monoisotopic (exact) mass is 346 g/mol. The lowest BCUT2D eigenvalue weighted by molar-refractivity contribution is -0.0754. The molecule has 0 bridgehead atoms. The second-order valence-corrected chi connectivity index (χ2v) is 8.29. The molecule has 0 unspecified atom stereocenters. The minimum Gasteiger partial charge on any atom is -0.390 e. The van der Waals surface area contributed by atoms with Crippen LogP contribution in [-0.4, -0.2) is 69.3 Å². The molecule has 2 fully saturated rings. The van der Waals surface area contributed by atoms with Gasteiger partial charge in [0.1, 0.15) is 0 Å². The molecule has 0 aromatic carbocycles. The normalized spacial score (nSPS) is 35.9. The third-order valence-electron chi connectivity index (χ3n) is 6.75. The zero-order chi connectivity index (χ0) is 18.2. The van der Waals surface area contributed by atoms with Gasteiger partial charge in [0.15, 0.2) is 0 Å².